The van der Waals surface area contributed by atoms with Crippen LogP contribution < -0.4 is 0 Å². The molecule has 0 aliphatic rings. The molecular weight excluding hydrogens is 476 g/mol. The van der Waals surface area contributed by atoms with Crippen LogP contribution in [0, 0.1) is 42.5 Å². The van der Waals surface area contributed by atoms with Gasteiger partial charge in [-0.05, 0) is 0 Å². The maximum absolute atomic E-state index is 3.25. The summed E-state index contributed by atoms with van der Waals surface area (Å²) in [6.07, 6.45) is 0. The van der Waals surface area contributed by atoms with Crippen LogP contribution in [0.2, 0.25) is 0 Å². The average Bonchev–Trinajstić information content (AvgIpc) is 2.03. The van der Waals surface area contributed by atoms with E-state index in [2.05, 4.69) is 27.7 Å². The van der Waals surface area contributed by atoms with Crippen molar-refractivity contribution >= 4 is 0 Å². The summed E-state index contributed by atoms with van der Waals surface area (Å²) < 4.78 is 0. The van der Waals surface area contributed by atoms with Gasteiger partial charge in [0.25, 0.3) is 0 Å². The Bertz CT molecular complexity index is 12.1. The Kier molecular flexibility index (Phi) is 1360. The maximum Gasteiger partial charge on any atom is 0 e. The van der Waals surface area contributed by atoms with Gasteiger partial charge in [0.15, 0.2) is 0 Å². The minimum absolute atomic E-state index is 0. The van der Waals surface area contributed by atoms with Crippen LogP contribution in [-0.2, 0) is 131 Å². The second kappa shape index (κ2) is 241. The third-order valence-electron chi connectivity index (χ3n) is 0. The molecule has 0 nitrogen and oxygen atoms in total. The van der Waals surface area contributed by atoms with Crippen LogP contribution in [0.25, 0.3) is 0 Å². The van der Waals surface area contributed by atoms with Crippen LogP contribution >= 0.6 is 0 Å². The summed E-state index contributed by atoms with van der Waals surface area (Å²) in [5.41, 5.74) is 0. The van der Waals surface area contributed by atoms with E-state index < -0.39 is 0 Å². The molecule has 84 valence electrons. The molecule has 0 saturated carbocycles. The molecule has 0 saturated heterocycles. The normalized spacial score (nSPS) is 1.71. The predicted octanol–water partition coefficient (Wildman–Crippen LogP) is 4.25. The topological polar surface area (TPSA) is 0 Å². The van der Waals surface area contributed by atoms with E-state index in [4.69, 9.17) is 0 Å². The fraction of sp³-hybridized carbons (Fsp3) is 0.400. The smallest absolute Gasteiger partial charge is 0 e. The first kappa shape index (κ1) is 78.9. The molecule has 0 aliphatic carbocycles. The van der Waals surface area contributed by atoms with Crippen molar-refractivity contribution in [2.24, 2.45) is 0 Å². The van der Waals surface area contributed by atoms with E-state index in [9.17, 15) is 0 Å². The third kappa shape index (κ3) is 200. The van der Waals surface area contributed by atoms with Crippen molar-refractivity contribution in [2.45, 2.75) is 27.7 Å². The maximum atomic E-state index is 3.25. The van der Waals surface area contributed by atoms with E-state index in [0.29, 0.717) is 0 Å². The standard InChI is InChI=1S/4C2H5.2CH3.4Y/c4*1-2;;;;;;/h4*1H2,2H3;2*1H3;;;;/q6*-1;;;;. The second-order valence-corrected chi connectivity index (χ2v) is 0. The molecule has 0 aliphatic heterocycles. The molecular formula is C10H26Y4-6. The van der Waals surface area contributed by atoms with Gasteiger partial charge in [0.2, 0.25) is 0 Å². The average molecular weight is 502 g/mol. The fourth-order valence-electron chi connectivity index (χ4n) is 0. The van der Waals surface area contributed by atoms with E-state index in [1.54, 1.807) is 27.7 Å². The zero-order valence-electron chi connectivity index (χ0n) is 11.1. The van der Waals surface area contributed by atoms with Crippen LogP contribution in [0.15, 0.2) is 0 Å². The zero-order valence-corrected chi connectivity index (χ0v) is 22.5. The SMILES string of the molecule is [CH2-]C.[CH2-]C.[CH2-]C.[CH2-]C.[CH3-].[CH3-].[Y].[Y].[Y].[Y]. The van der Waals surface area contributed by atoms with Gasteiger partial charge >= 0.3 is 0 Å². The Hall–Kier alpha value is 4.42. The predicted molar refractivity (Wildman–Crippen MR) is 57.0 cm³/mol. The quantitative estimate of drug-likeness (QED) is 0.435. The van der Waals surface area contributed by atoms with Gasteiger partial charge in [-0.25, -0.2) is 0 Å². The first-order valence-corrected chi connectivity index (χ1v) is 2.83. The van der Waals surface area contributed by atoms with Crippen LogP contribution in [-0.4, -0.2) is 0 Å². The molecule has 0 atom stereocenters. The third-order valence-corrected chi connectivity index (χ3v) is 0. The number of hydrogen-bond donors (Lipinski definition) is 0. The van der Waals surface area contributed by atoms with Crippen molar-refractivity contribution in [1.29, 1.82) is 0 Å². The van der Waals surface area contributed by atoms with Gasteiger partial charge in [-0.15, -0.1) is 0 Å². The van der Waals surface area contributed by atoms with Gasteiger partial charge in [-0.2, -0.15) is 27.7 Å². The summed E-state index contributed by atoms with van der Waals surface area (Å²) in [5, 5.41) is 0. The Balaban J connectivity index is -0.00000000167. The Morgan fingerprint density at radius 2 is 0.357 bits per heavy atom. The zero-order chi connectivity index (χ0) is 8.00. The van der Waals surface area contributed by atoms with Crippen LogP contribution in [0.4, 0.5) is 0 Å². The first-order chi connectivity index (χ1) is 4.00. The molecule has 4 heteroatoms. The van der Waals surface area contributed by atoms with Gasteiger partial charge < -0.3 is 42.5 Å². The van der Waals surface area contributed by atoms with Crippen molar-refractivity contribution in [3.63, 3.8) is 0 Å². The van der Waals surface area contributed by atoms with Crippen LogP contribution in [0.3, 0.4) is 0 Å². The van der Waals surface area contributed by atoms with E-state index >= 15 is 0 Å². The number of hydrogen-bond acceptors (Lipinski definition) is 0. The van der Waals surface area contributed by atoms with Crippen molar-refractivity contribution in [3.05, 3.63) is 42.5 Å². The Labute approximate surface area is 197 Å². The van der Waals surface area contributed by atoms with Gasteiger partial charge in [0, 0.05) is 131 Å². The molecule has 0 aromatic carbocycles. The van der Waals surface area contributed by atoms with Gasteiger partial charge in [0.1, 0.15) is 0 Å². The molecule has 0 bridgehead atoms. The summed E-state index contributed by atoms with van der Waals surface area (Å²) in [6.45, 7) is 20.0. The second-order valence-electron chi connectivity index (χ2n) is 0. The van der Waals surface area contributed by atoms with E-state index in [-0.39, 0.29) is 146 Å². The molecule has 0 aromatic rings. The molecule has 0 unspecified atom stereocenters. The fourth-order valence-corrected chi connectivity index (χ4v) is 0. The monoisotopic (exact) mass is 502 g/mol. The molecule has 0 rings (SSSR count). The summed E-state index contributed by atoms with van der Waals surface area (Å²) >= 11 is 0. The van der Waals surface area contributed by atoms with Gasteiger partial charge in [-0.3, -0.25) is 0 Å². The summed E-state index contributed by atoms with van der Waals surface area (Å²) in [7, 11) is 0. The summed E-state index contributed by atoms with van der Waals surface area (Å²) in [5.74, 6) is 0. The van der Waals surface area contributed by atoms with Gasteiger partial charge in [0.05, 0.1) is 0 Å². The van der Waals surface area contributed by atoms with Crippen molar-refractivity contribution in [3.8, 4) is 0 Å². The van der Waals surface area contributed by atoms with Crippen molar-refractivity contribution in [1.82, 2.24) is 0 Å². The molecule has 0 amide bonds. The van der Waals surface area contributed by atoms with Gasteiger partial charge in [-0.1, -0.05) is 0 Å². The number of rotatable bonds is 0. The van der Waals surface area contributed by atoms with Crippen molar-refractivity contribution < 1.29 is 131 Å². The minimum Gasteiger partial charge on any atom is -0.358 e. The Morgan fingerprint density at radius 1 is 0.357 bits per heavy atom. The Morgan fingerprint density at radius 3 is 0.357 bits per heavy atom. The molecule has 4 radical (unpaired) electrons. The van der Waals surface area contributed by atoms with Crippen LogP contribution in [0.1, 0.15) is 27.7 Å². The van der Waals surface area contributed by atoms with E-state index in [1.165, 1.54) is 0 Å². The minimum atomic E-state index is 0. The molecule has 0 N–H and O–H groups in total. The largest absolute Gasteiger partial charge is 0.358 e. The first-order valence-electron chi connectivity index (χ1n) is 2.83. The molecule has 0 heterocycles. The van der Waals surface area contributed by atoms with E-state index in [0.717, 1.165) is 0 Å². The molecule has 0 aromatic heterocycles. The van der Waals surface area contributed by atoms with Crippen LogP contribution in [0.5, 0.6) is 0 Å². The van der Waals surface area contributed by atoms with E-state index in [1.807, 2.05) is 0 Å². The summed E-state index contributed by atoms with van der Waals surface area (Å²) in [4.78, 5) is 0. The van der Waals surface area contributed by atoms with Crippen molar-refractivity contribution in [2.75, 3.05) is 0 Å². The summed E-state index contributed by atoms with van der Waals surface area (Å²) in [6, 6.07) is 0. The molecule has 0 fully saturated rings. The molecule has 14 heavy (non-hydrogen) atoms. The molecule has 0 spiro atoms.